The molecule has 1 unspecified atom stereocenters. The van der Waals surface area contributed by atoms with Crippen molar-refractivity contribution in [3.05, 3.63) is 141 Å². The fourth-order valence-corrected chi connectivity index (χ4v) is 7.27. The van der Waals surface area contributed by atoms with E-state index in [9.17, 15) is 0 Å². The van der Waals surface area contributed by atoms with Crippen LogP contribution in [-0.2, 0) is 5.41 Å². The van der Waals surface area contributed by atoms with Gasteiger partial charge in [0.05, 0.1) is 11.7 Å². The molecule has 0 bridgehead atoms. The second kappa shape index (κ2) is 7.70. The number of furan rings is 2. The maximum absolute atomic E-state index is 6.64. The summed E-state index contributed by atoms with van der Waals surface area (Å²) in [6, 6.07) is 36.6. The Labute approximate surface area is 229 Å². The van der Waals surface area contributed by atoms with Crippen LogP contribution in [0.3, 0.4) is 0 Å². The Balaban J connectivity index is 1.61. The van der Waals surface area contributed by atoms with E-state index >= 15 is 0 Å². The number of hydrogen-bond acceptors (Lipinski definition) is 2. The second-order valence-corrected chi connectivity index (χ2v) is 11.3. The molecule has 2 nitrogen and oxygen atoms in total. The summed E-state index contributed by atoms with van der Waals surface area (Å²) >= 11 is 7.71. The first-order valence-electron chi connectivity index (χ1n) is 12.1. The standard InChI is InChI=1S/C33H18Br2O2/c34-22-11-12-25-24(17-22)30-26(18-27(35)31-23-8-4-5-9-29(23)37-32(30)31)33(25,20-6-2-1-3-7-20)21-10-13-28-19(16-21)14-15-36-28/h1-18H. The van der Waals surface area contributed by atoms with E-state index in [1.54, 1.807) is 6.26 Å². The number of halogens is 2. The van der Waals surface area contributed by atoms with Gasteiger partial charge in [-0.15, -0.1) is 0 Å². The smallest absolute Gasteiger partial charge is 0.144 e. The summed E-state index contributed by atoms with van der Waals surface area (Å²) in [7, 11) is 0. The zero-order valence-corrected chi connectivity index (χ0v) is 22.6. The molecule has 1 aliphatic carbocycles. The fourth-order valence-electron chi connectivity index (χ4n) is 6.29. The zero-order valence-electron chi connectivity index (χ0n) is 19.5. The van der Waals surface area contributed by atoms with Gasteiger partial charge < -0.3 is 8.83 Å². The second-order valence-electron chi connectivity index (χ2n) is 9.56. The minimum Gasteiger partial charge on any atom is -0.464 e. The first-order valence-corrected chi connectivity index (χ1v) is 13.7. The SMILES string of the molecule is Brc1ccc2c(c1)-c1c(cc(Br)c3c1oc1ccccc13)C2(c1ccccc1)c1ccc2occc2c1. The number of hydrogen-bond donors (Lipinski definition) is 0. The summed E-state index contributed by atoms with van der Waals surface area (Å²) in [6.45, 7) is 0. The Morgan fingerprint density at radius 1 is 0.649 bits per heavy atom. The minimum atomic E-state index is -0.534. The Morgan fingerprint density at radius 3 is 2.38 bits per heavy atom. The quantitative estimate of drug-likeness (QED) is 0.196. The van der Waals surface area contributed by atoms with Gasteiger partial charge in [-0.25, -0.2) is 0 Å². The lowest BCUT2D eigenvalue weighted by atomic mass is 9.67. The molecule has 8 rings (SSSR count). The molecule has 37 heavy (non-hydrogen) atoms. The molecule has 0 fully saturated rings. The largest absolute Gasteiger partial charge is 0.464 e. The third kappa shape index (κ3) is 2.80. The van der Waals surface area contributed by atoms with Crippen LogP contribution < -0.4 is 0 Å². The summed E-state index contributed by atoms with van der Waals surface area (Å²) in [5, 5.41) is 3.30. The molecule has 176 valence electrons. The van der Waals surface area contributed by atoms with Crippen LogP contribution in [0, 0.1) is 0 Å². The lowest BCUT2D eigenvalue weighted by molar-refractivity contribution is 0.615. The van der Waals surface area contributed by atoms with Gasteiger partial charge in [0.15, 0.2) is 0 Å². The van der Waals surface area contributed by atoms with Crippen LogP contribution in [0.1, 0.15) is 22.3 Å². The van der Waals surface area contributed by atoms with Crippen molar-refractivity contribution in [2.75, 3.05) is 0 Å². The molecular weight excluding hydrogens is 588 g/mol. The van der Waals surface area contributed by atoms with E-state index in [4.69, 9.17) is 8.83 Å². The molecule has 1 aliphatic rings. The first-order chi connectivity index (χ1) is 18.2. The zero-order chi connectivity index (χ0) is 24.7. The van der Waals surface area contributed by atoms with Gasteiger partial charge in [-0.1, -0.05) is 92.5 Å². The van der Waals surface area contributed by atoms with Crippen molar-refractivity contribution < 1.29 is 8.83 Å². The van der Waals surface area contributed by atoms with Gasteiger partial charge in [0.1, 0.15) is 16.7 Å². The van der Waals surface area contributed by atoms with Crippen molar-refractivity contribution in [1.82, 2.24) is 0 Å². The van der Waals surface area contributed by atoms with Gasteiger partial charge in [-0.05, 0) is 70.3 Å². The highest BCUT2D eigenvalue weighted by atomic mass is 79.9. The molecule has 2 aromatic heterocycles. The van der Waals surface area contributed by atoms with Crippen LogP contribution in [0.15, 0.2) is 127 Å². The minimum absolute atomic E-state index is 0.534. The highest BCUT2D eigenvalue weighted by Crippen LogP contribution is 2.60. The Kier molecular flexibility index (Phi) is 4.47. The van der Waals surface area contributed by atoms with Gasteiger partial charge in [-0.2, -0.15) is 0 Å². The monoisotopic (exact) mass is 604 g/mol. The summed E-state index contributed by atoms with van der Waals surface area (Å²) < 4.78 is 14.4. The Bertz CT molecular complexity index is 2020. The molecule has 2 heterocycles. The molecule has 0 saturated carbocycles. The van der Waals surface area contributed by atoms with Crippen LogP contribution in [0.5, 0.6) is 0 Å². The molecule has 0 saturated heterocycles. The number of para-hydroxylation sites is 1. The van der Waals surface area contributed by atoms with E-state index in [2.05, 4.69) is 117 Å². The summed E-state index contributed by atoms with van der Waals surface area (Å²) in [6.07, 6.45) is 1.76. The molecule has 4 heteroatoms. The highest BCUT2D eigenvalue weighted by molar-refractivity contribution is 9.11. The first kappa shape index (κ1) is 21.5. The molecule has 0 amide bonds. The summed E-state index contributed by atoms with van der Waals surface area (Å²) in [5.41, 5.74) is 9.31. The van der Waals surface area contributed by atoms with Crippen LogP contribution in [0.2, 0.25) is 0 Å². The molecule has 7 aromatic rings. The van der Waals surface area contributed by atoms with Crippen molar-refractivity contribution >= 4 is 64.8 Å². The van der Waals surface area contributed by atoms with E-state index < -0.39 is 5.41 Å². The molecule has 0 radical (unpaired) electrons. The molecular formula is C33H18Br2O2. The van der Waals surface area contributed by atoms with Crippen LogP contribution in [0.25, 0.3) is 44.0 Å². The average molecular weight is 606 g/mol. The molecule has 0 aliphatic heterocycles. The van der Waals surface area contributed by atoms with Crippen LogP contribution in [0.4, 0.5) is 0 Å². The van der Waals surface area contributed by atoms with Crippen molar-refractivity contribution in [3.63, 3.8) is 0 Å². The van der Waals surface area contributed by atoms with Gasteiger partial charge in [-0.3, -0.25) is 0 Å². The van der Waals surface area contributed by atoms with E-state index in [1.165, 1.54) is 27.8 Å². The van der Waals surface area contributed by atoms with E-state index in [1.807, 2.05) is 18.2 Å². The molecule has 5 aromatic carbocycles. The van der Waals surface area contributed by atoms with Crippen molar-refractivity contribution in [3.8, 4) is 11.1 Å². The van der Waals surface area contributed by atoms with E-state index in [0.717, 1.165) is 47.4 Å². The predicted octanol–water partition coefficient (Wildman–Crippen LogP) is 10.2. The van der Waals surface area contributed by atoms with E-state index in [-0.39, 0.29) is 0 Å². The normalized spacial score (nSPS) is 16.5. The summed E-state index contributed by atoms with van der Waals surface area (Å²) in [5.74, 6) is 0. The van der Waals surface area contributed by atoms with Crippen molar-refractivity contribution in [2.24, 2.45) is 0 Å². The third-order valence-electron chi connectivity index (χ3n) is 7.75. The van der Waals surface area contributed by atoms with E-state index in [0.29, 0.717) is 0 Å². The maximum atomic E-state index is 6.64. The summed E-state index contributed by atoms with van der Waals surface area (Å²) in [4.78, 5) is 0. The topological polar surface area (TPSA) is 26.3 Å². The predicted molar refractivity (Wildman–Crippen MR) is 156 cm³/mol. The van der Waals surface area contributed by atoms with Crippen molar-refractivity contribution in [2.45, 2.75) is 5.41 Å². The van der Waals surface area contributed by atoms with Gasteiger partial charge in [0.25, 0.3) is 0 Å². The van der Waals surface area contributed by atoms with Crippen molar-refractivity contribution in [1.29, 1.82) is 0 Å². The average Bonchev–Trinajstić information content (AvgIpc) is 3.61. The molecule has 0 N–H and O–H groups in total. The Morgan fingerprint density at radius 2 is 1.49 bits per heavy atom. The highest BCUT2D eigenvalue weighted by Gasteiger charge is 2.48. The van der Waals surface area contributed by atoms with Gasteiger partial charge >= 0.3 is 0 Å². The number of fused-ring (bicyclic) bond motifs is 8. The number of rotatable bonds is 2. The Hall–Kier alpha value is -3.60. The van der Waals surface area contributed by atoms with Gasteiger partial charge in [0.2, 0.25) is 0 Å². The lowest BCUT2D eigenvalue weighted by Crippen LogP contribution is -2.28. The fraction of sp³-hybridized carbons (Fsp3) is 0.0303. The lowest BCUT2D eigenvalue weighted by Gasteiger charge is -2.34. The van der Waals surface area contributed by atoms with Gasteiger partial charge in [0, 0.05) is 30.7 Å². The molecule has 0 spiro atoms. The van der Waals surface area contributed by atoms with Crippen LogP contribution in [-0.4, -0.2) is 0 Å². The molecule has 1 atom stereocenters. The van der Waals surface area contributed by atoms with Crippen LogP contribution >= 0.6 is 31.9 Å². The maximum Gasteiger partial charge on any atom is 0.144 e. The third-order valence-corrected chi connectivity index (χ3v) is 8.87. The number of benzene rings is 5.